The molecule has 0 aromatic heterocycles. The van der Waals surface area contributed by atoms with Gasteiger partial charge in [-0.3, -0.25) is 9.80 Å². The lowest BCUT2D eigenvalue weighted by Gasteiger charge is -2.39. The van der Waals surface area contributed by atoms with Crippen LogP contribution in [0.3, 0.4) is 0 Å². The van der Waals surface area contributed by atoms with Crippen molar-refractivity contribution in [3.8, 4) is 11.5 Å². The fourth-order valence-corrected chi connectivity index (χ4v) is 3.90. The Morgan fingerprint density at radius 3 is 2.39 bits per heavy atom. The molecule has 2 heterocycles. The lowest BCUT2D eigenvalue weighted by Crippen LogP contribution is -2.51. The molecule has 0 radical (unpaired) electrons. The third kappa shape index (κ3) is 4.94. The summed E-state index contributed by atoms with van der Waals surface area (Å²) in [5, 5.41) is 2.94. The molecule has 2 aliphatic heterocycles. The van der Waals surface area contributed by atoms with Crippen molar-refractivity contribution in [2.75, 3.05) is 67.6 Å². The van der Waals surface area contributed by atoms with E-state index in [9.17, 15) is 9.59 Å². The first-order valence-corrected chi connectivity index (χ1v) is 10.5. The van der Waals surface area contributed by atoms with Crippen molar-refractivity contribution in [2.45, 2.75) is 13.0 Å². The molecule has 1 N–H and O–H groups in total. The maximum absolute atomic E-state index is 13.1. The molecule has 0 saturated carbocycles. The zero-order valence-electron chi connectivity index (χ0n) is 18.9. The van der Waals surface area contributed by atoms with E-state index >= 15 is 0 Å². The van der Waals surface area contributed by atoms with Gasteiger partial charge in [-0.05, 0) is 31.7 Å². The lowest BCUT2D eigenvalue weighted by molar-refractivity contribution is -0.139. The molecule has 9 nitrogen and oxygen atoms in total. The molecule has 0 spiro atoms. The van der Waals surface area contributed by atoms with Gasteiger partial charge in [0.25, 0.3) is 0 Å². The number of likely N-dealkylation sites (N-methyl/N-ethyl adjacent to an activating group) is 2. The van der Waals surface area contributed by atoms with Gasteiger partial charge in [-0.15, -0.1) is 0 Å². The highest BCUT2D eigenvalue weighted by Crippen LogP contribution is 2.36. The van der Waals surface area contributed by atoms with Gasteiger partial charge in [-0.1, -0.05) is 6.07 Å². The molecule has 3 rings (SSSR count). The second kappa shape index (κ2) is 10.0. The number of hydrogen-bond donors (Lipinski definition) is 1. The van der Waals surface area contributed by atoms with E-state index in [0.29, 0.717) is 29.3 Å². The minimum absolute atomic E-state index is 0.250. The Hall–Kier alpha value is -2.78. The van der Waals surface area contributed by atoms with E-state index in [1.54, 1.807) is 40.3 Å². The third-order valence-electron chi connectivity index (χ3n) is 5.78. The van der Waals surface area contributed by atoms with Crippen LogP contribution in [-0.4, -0.2) is 94.3 Å². The molecule has 1 aromatic rings. The van der Waals surface area contributed by atoms with Crippen LogP contribution >= 0.6 is 0 Å². The molecule has 1 atom stereocenters. The number of ether oxygens (including phenoxy) is 3. The second-order valence-corrected chi connectivity index (χ2v) is 7.72. The molecule has 1 aromatic carbocycles. The van der Waals surface area contributed by atoms with Gasteiger partial charge in [0.2, 0.25) is 0 Å². The Bertz CT molecular complexity index is 848. The molecule has 170 valence electrons. The number of methoxy groups -OCH3 is 2. The van der Waals surface area contributed by atoms with Gasteiger partial charge in [0.05, 0.1) is 32.4 Å². The topological polar surface area (TPSA) is 83.6 Å². The van der Waals surface area contributed by atoms with Crippen molar-refractivity contribution >= 4 is 12.0 Å². The summed E-state index contributed by atoms with van der Waals surface area (Å²) in [5.41, 5.74) is 1.82. The van der Waals surface area contributed by atoms with Gasteiger partial charge in [0, 0.05) is 45.5 Å². The van der Waals surface area contributed by atoms with Gasteiger partial charge in [-0.2, -0.15) is 0 Å². The van der Waals surface area contributed by atoms with Crippen LogP contribution in [0.15, 0.2) is 29.5 Å². The summed E-state index contributed by atoms with van der Waals surface area (Å²) in [6.45, 7) is 6.14. The average Bonchev–Trinajstić information content (AvgIpc) is 2.77. The highest BCUT2D eigenvalue weighted by atomic mass is 16.5. The predicted molar refractivity (Wildman–Crippen MR) is 116 cm³/mol. The van der Waals surface area contributed by atoms with Crippen LogP contribution < -0.4 is 14.8 Å². The summed E-state index contributed by atoms with van der Waals surface area (Å²) in [6.07, 6.45) is 0. The van der Waals surface area contributed by atoms with Crippen molar-refractivity contribution in [1.29, 1.82) is 0 Å². The molecular formula is C22H32N4O5. The van der Waals surface area contributed by atoms with Crippen LogP contribution in [0.25, 0.3) is 0 Å². The van der Waals surface area contributed by atoms with Crippen LogP contribution in [-0.2, 0) is 9.53 Å². The summed E-state index contributed by atoms with van der Waals surface area (Å²) in [5.74, 6) is 0.667. The van der Waals surface area contributed by atoms with Gasteiger partial charge in [0.15, 0.2) is 11.5 Å². The standard InChI is InChI=1S/C22H32N4O5/c1-6-31-21(27)19-16(14-26-11-9-24(2)10-12-26)25(3)22(28)23-20(19)15-7-8-17(29-4)18(13-15)30-5/h7-8,13,20H,6,9-12,14H2,1-5H3,(H,23,28). The Balaban J connectivity index is 2.05. The quantitative estimate of drug-likeness (QED) is 0.653. The number of nitrogens with one attached hydrogen (secondary N) is 1. The van der Waals surface area contributed by atoms with E-state index in [0.717, 1.165) is 31.7 Å². The molecule has 9 heteroatoms. The van der Waals surface area contributed by atoms with E-state index < -0.39 is 12.0 Å². The van der Waals surface area contributed by atoms with Crippen LogP contribution in [0.2, 0.25) is 0 Å². The van der Waals surface area contributed by atoms with Crippen LogP contribution in [0, 0.1) is 0 Å². The van der Waals surface area contributed by atoms with Crippen LogP contribution in [0.5, 0.6) is 11.5 Å². The molecule has 2 amide bonds. The van der Waals surface area contributed by atoms with Gasteiger partial charge < -0.3 is 24.4 Å². The monoisotopic (exact) mass is 432 g/mol. The summed E-state index contributed by atoms with van der Waals surface area (Å²) in [4.78, 5) is 31.9. The molecular weight excluding hydrogens is 400 g/mol. The third-order valence-corrected chi connectivity index (χ3v) is 5.78. The maximum Gasteiger partial charge on any atom is 0.338 e. The fraction of sp³-hybridized carbons (Fsp3) is 0.545. The molecule has 1 fully saturated rings. The van der Waals surface area contributed by atoms with Gasteiger partial charge >= 0.3 is 12.0 Å². The Labute approximate surface area is 183 Å². The zero-order chi connectivity index (χ0) is 22.5. The Morgan fingerprint density at radius 1 is 1.10 bits per heavy atom. The van der Waals surface area contributed by atoms with E-state index in [2.05, 4.69) is 22.2 Å². The first kappa shape index (κ1) is 22.9. The first-order valence-electron chi connectivity index (χ1n) is 10.5. The summed E-state index contributed by atoms with van der Waals surface area (Å²) in [7, 11) is 6.89. The predicted octanol–water partition coefficient (Wildman–Crippen LogP) is 1.46. The molecule has 1 unspecified atom stereocenters. The maximum atomic E-state index is 13.1. The Morgan fingerprint density at radius 2 is 1.77 bits per heavy atom. The van der Waals surface area contributed by atoms with Crippen LogP contribution in [0.4, 0.5) is 4.79 Å². The number of benzene rings is 1. The average molecular weight is 433 g/mol. The number of carbonyl (C=O) groups is 2. The molecule has 31 heavy (non-hydrogen) atoms. The SMILES string of the molecule is CCOC(=O)C1=C(CN2CCN(C)CC2)N(C)C(=O)NC1c1ccc(OC)c(OC)c1. The molecule has 2 aliphatic rings. The first-order chi connectivity index (χ1) is 14.9. The summed E-state index contributed by atoms with van der Waals surface area (Å²) >= 11 is 0. The summed E-state index contributed by atoms with van der Waals surface area (Å²) < 4.78 is 16.1. The number of esters is 1. The van der Waals surface area contributed by atoms with Gasteiger partial charge in [0.1, 0.15) is 0 Å². The zero-order valence-corrected chi connectivity index (χ0v) is 18.9. The number of urea groups is 1. The Kier molecular flexibility index (Phi) is 7.40. The number of amides is 2. The van der Waals surface area contributed by atoms with Crippen molar-refractivity contribution in [3.05, 3.63) is 35.0 Å². The number of piperazine rings is 1. The number of hydrogen-bond acceptors (Lipinski definition) is 7. The van der Waals surface area contributed by atoms with Gasteiger partial charge in [-0.25, -0.2) is 9.59 Å². The number of nitrogens with zero attached hydrogens (tertiary/aromatic N) is 3. The fourth-order valence-electron chi connectivity index (χ4n) is 3.90. The number of carbonyl (C=O) groups excluding carboxylic acids is 2. The second-order valence-electron chi connectivity index (χ2n) is 7.72. The van der Waals surface area contributed by atoms with E-state index in [1.165, 1.54) is 4.90 Å². The van der Waals surface area contributed by atoms with Crippen molar-refractivity contribution < 1.29 is 23.8 Å². The number of rotatable bonds is 7. The normalized spacial score (nSPS) is 20.5. The minimum atomic E-state index is -0.648. The summed E-state index contributed by atoms with van der Waals surface area (Å²) in [6, 6.07) is 4.45. The molecule has 0 aliphatic carbocycles. The molecule has 0 bridgehead atoms. The van der Waals surface area contributed by atoms with Crippen molar-refractivity contribution in [3.63, 3.8) is 0 Å². The lowest BCUT2D eigenvalue weighted by atomic mass is 9.94. The largest absolute Gasteiger partial charge is 0.493 e. The highest BCUT2D eigenvalue weighted by Gasteiger charge is 2.37. The highest BCUT2D eigenvalue weighted by molar-refractivity contribution is 5.95. The van der Waals surface area contributed by atoms with E-state index in [1.807, 2.05) is 6.07 Å². The smallest absolute Gasteiger partial charge is 0.338 e. The van der Waals surface area contributed by atoms with Crippen molar-refractivity contribution in [1.82, 2.24) is 20.0 Å². The molecule has 1 saturated heterocycles. The minimum Gasteiger partial charge on any atom is -0.493 e. The van der Waals surface area contributed by atoms with E-state index in [-0.39, 0.29) is 12.6 Å². The van der Waals surface area contributed by atoms with E-state index in [4.69, 9.17) is 14.2 Å². The van der Waals surface area contributed by atoms with Crippen LogP contribution in [0.1, 0.15) is 18.5 Å². The van der Waals surface area contributed by atoms with Crippen molar-refractivity contribution in [2.24, 2.45) is 0 Å².